The lowest BCUT2D eigenvalue weighted by Gasteiger charge is -2.27. The van der Waals surface area contributed by atoms with Gasteiger partial charge in [0.2, 0.25) is 0 Å². The Bertz CT molecular complexity index is 751. The second-order valence-electron chi connectivity index (χ2n) is 7.44. The molecule has 1 aromatic carbocycles. The van der Waals surface area contributed by atoms with Crippen LogP contribution in [0.5, 0.6) is 5.75 Å². The molecule has 4 rings (SSSR count). The molecule has 1 aliphatic heterocycles. The summed E-state index contributed by atoms with van der Waals surface area (Å²) < 4.78 is 7.97. The zero-order valence-electron chi connectivity index (χ0n) is 15.1. The smallest absolute Gasteiger partial charge is 0.119 e. The molecule has 134 valence electrons. The van der Waals surface area contributed by atoms with Gasteiger partial charge in [-0.15, -0.1) is 0 Å². The van der Waals surface area contributed by atoms with Crippen LogP contribution in [0.4, 0.5) is 0 Å². The maximum absolute atomic E-state index is 10.3. The molecular weight excluding hydrogens is 314 g/mol. The molecule has 1 aromatic heterocycles. The van der Waals surface area contributed by atoms with Crippen molar-refractivity contribution in [2.75, 3.05) is 19.7 Å². The van der Waals surface area contributed by atoms with Gasteiger partial charge in [0.1, 0.15) is 18.5 Å². The molecule has 1 fully saturated rings. The molecule has 1 atom stereocenters. The Balaban J connectivity index is 1.30. The van der Waals surface area contributed by atoms with Gasteiger partial charge in [-0.25, -0.2) is 0 Å². The summed E-state index contributed by atoms with van der Waals surface area (Å²) in [4.78, 5) is 2.39. The van der Waals surface area contributed by atoms with Crippen molar-refractivity contribution in [3.05, 3.63) is 46.8 Å². The first-order valence-corrected chi connectivity index (χ1v) is 9.27. The first-order chi connectivity index (χ1) is 12.1. The summed E-state index contributed by atoms with van der Waals surface area (Å²) in [5.41, 5.74) is 4.61. The van der Waals surface area contributed by atoms with Crippen LogP contribution in [0, 0.1) is 19.8 Å². The summed E-state index contributed by atoms with van der Waals surface area (Å²) in [7, 11) is 0. The predicted octanol–water partition coefficient (Wildman–Crippen LogP) is 2.84. The highest BCUT2D eigenvalue weighted by atomic mass is 16.5. The number of nitrogens with zero attached hydrogens (tertiary/aromatic N) is 3. The molecule has 1 saturated carbocycles. The van der Waals surface area contributed by atoms with E-state index in [1.807, 2.05) is 6.07 Å². The third-order valence-electron chi connectivity index (χ3n) is 5.42. The van der Waals surface area contributed by atoms with Crippen molar-refractivity contribution in [3.8, 4) is 5.75 Å². The van der Waals surface area contributed by atoms with Gasteiger partial charge in [0.05, 0.1) is 17.9 Å². The monoisotopic (exact) mass is 341 g/mol. The van der Waals surface area contributed by atoms with Crippen LogP contribution in [0.25, 0.3) is 0 Å². The first kappa shape index (κ1) is 16.6. The van der Waals surface area contributed by atoms with Gasteiger partial charge >= 0.3 is 0 Å². The van der Waals surface area contributed by atoms with Gasteiger partial charge in [0.25, 0.3) is 0 Å². The number of ether oxygens (including phenoxy) is 1. The number of fused-ring (bicyclic) bond motifs is 1. The Kier molecular flexibility index (Phi) is 4.52. The molecule has 0 saturated heterocycles. The van der Waals surface area contributed by atoms with E-state index in [0.717, 1.165) is 50.5 Å². The third kappa shape index (κ3) is 3.72. The zero-order chi connectivity index (χ0) is 17.4. The van der Waals surface area contributed by atoms with Gasteiger partial charge in [-0.3, -0.25) is 9.58 Å². The summed E-state index contributed by atoms with van der Waals surface area (Å²) >= 11 is 0. The van der Waals surface area contributed by atoms with Gasteiger partial charge in [-0.2, -0.15) is 5.10 Å². The van der Waals surface area contributed by atoms with E-state index in [-0.39, 0.29) is 6.10 Å². The lowest BCUT2D eigenvalue weighted by Crippen LogP contribution is -2.36. The minimum absolute atomic E-state index is 0.375. The maximum Gasteiger partial charge on any atom is 0.119 e. The Morgan fingerprint density at radius 3 is 2.80 bits per heavy atom. The standard InChI is InChI=1S/C20H27N3O2/c1-14-3-6-18(11-15(14)2)25-10-9-22-7-8-23-17(13-22)12-19(21-23)20(24)16-4-5-16/h3,6,11-12,16,20,24H,4-5,7-10,13H2,1-2H3/t20-/m1/s1. The van der Waals surface area contributed by atoms with E-state index >= 15 is 0 Å². The van der Waals surface area contributed by atoms with Crippen LogP contribution in [0.1, 0.15) is 41.5 Å². The van der Waals surface area contributed by atoms with Crippen LogP contribution in [0.3, 0.4) is 0 Å². The number of aliphatic hydroxyl groups excluding tert-OH is 1. The molecule has 0 bridgehead atoms. The third-order valence-corrected chi connectivity index (χ3v) is 5.42. The van der Waals surface area contributed by atoms with E-state index in [1.165, 1.54) is 16.8 Å². The molecule has 0 amide bonds. The summed E-state index contributed by atoms with van der Waals surface area (Å²) in [6.07, 6.45) is 1.89. The Morgan fingerprint density at radius 1 is 1.20 bits per heavy atom. The van der Waals surface area contributed by atoms with E-state index in [4.69, 9.17) is 4.74 Å². The van der Waals surface area contributed by atoms with E-state index < -0.39 is 0 Å². The Labute approximate surface area is 149 Å². The number of aryl methyl sites for hydroxylation is 2. The summed E-state index contributed by atoms with van der Waals surface area (Å²) in [6.45, 7) is 8.56. The van der Waals surface area contributed by atoms with Crippen LogP contribution < -0.4 is 4.74 Å². The van der Waals surface area contributed by atoms with E-state index in [0.29, 0.717) is 12.5 Å². The molecule has 0 radical (unpaired) electrons. The maximum atomic E-state index is 10.3. The normalized spacial score (nSPS) is 18.8. The van der Waals surface area contributed by atoms with Crippen LogP contribution in [-0.2, 0) is 13.1 Å². The molecular formula is C20H27N3O2. The number of aromatic nitrogens is 2. The average molecular weight is 341 g/mol. The minimum atomic E-state index is -0.375. The highest BCUT2D eigenvalue weighted by Gasteiger charge is 2.33. The van der Waals surface area contributed by atoms with E-state index in [2.05, 4.69) is 46.7 Å². The number of rotatable bonds is 6. The first-order valence-electron chi connectivity index (χ1n) is 9.27. The molecule has 1 aliphatic carbocycles. The predicted molar refractivity (Wildman–Crippen MR) is 96.6 cm³/mol. The van der Waals surface area contributed by atoms with Crippen molar-refractivity contribution < 1.29 is 9.84 Å². The zero-order valence-corrected chi connectivity index (χ0v) is 15.1. The van der Waals surface area contributed by atoms with Crippen LogP contribution in [0.15, 0.2) is 24.3 Å². The second kappa shape index (κ2) is 6.81. The van der Waals surface area contributed by atoms with Gasteiger partial charge in [-0.05, 0) is 61.9 Å². The molecule has 2 aliphatic rings. The average Bonchev–Trinajstić information content (AvgIpc) is 3.36. The summed E-state index contributed by atoms with van der Waals surface area (Å²) in [6, 6.07) is 8.33. The second-order valence-corrected chi connectivity index (χ2v) is 7.44. The highest BCUT2D eigenvalue weighted by molar-refractivity contribution is 5.33. The Hall–Kier alpha value is -1.85. The largest absolute Gasteiger partial charge is 0.492 e. The molecule has 2 aromatic rings. The number of hydrogen-bond donors (Lipinski definition) is 1. The van der Waals surface area contributed by atoms with Crippen LogP contribution in [-0.4, -0.2) is 39.5 Å². The number of benzene rings is 1. The number of aliphatic hydroxyl groups is 1. The molecule has 5 heteroatoms. The molecule has 0 unspecified atom stereocenters. The fraction of sp³-hybridized carbons (Fsp3) is 0.550. The molecule has 0 spiro atoms. The SMILES string of the molecule is Cc1ccc(OCCN2CCn3nc([C@H](O)C4CC4)cc3C2)cc1C. The van der Waals surface area contributed by atoms with Crippen molar-refractivity contribution in [1.82, 2.24) is 14.7 Å². The summed E-state index contributed by atoms with van der Waals surface area (Å²) in [5, 5.41) is 14.9. The van der Waals surface area contributed by atoms with Crippen molar-refractivity contribution in [3.63, 3.8) is 0 Å². The number of hydrogen-bond acceptors (Lipinski definition) is 4. The van der Waals surface area contributed by atoms with E-state index in [1.54, 1.807) is 0 Å². The molecule has 25 heavy (non-hydrogen) atoms. The van der Waals surface area contributed by atoms with Crippen LogP contribution >= 0.6 is 0 Å². The lowest BCUT2D eigenvalue weighted by molar-refractivity contribution is 0.147. The van der Waals surface area contributed by atoms with Crippen molar-refractivity contribution in [2.24, 2.45) is 5.92 Å². The lowest BCUT2D eigenvalue weighted by atomic mass is 10.1. The van der Waals surface area contributed by atoms with Crippen molar-refractivity contribution in [2.45, 2.75) is 45.9 Å². The van der Waals surface area contributed by atoms with E-state index in [9.17, 15) is 5.11 Å². The van der Waals surface area contributed by atoms with Crippen molar-refractivity contribution in [1.29, 1.82) is 0 Å². The van der Waals surface area contributed by atoms with Gasteiger partial charge in [0.15, 0.2) is 0 Å². The molecule has 2 heterocycles. The van der Waals surface area contributed by atoms with Gasteiger partial charge in [0, 0.05) is 19.6 Å². The topological polar surface area (TPSA) is 50.5 Å². The molecule has 5 nitrogen and oxygen atoms in total. The fourth-order valence-electron chi connectivity index (χ4n) is 3.43. The van der Waals surface area contributed by atoms with Gasteiger partial charge in [-0.1, -0.05) is 6.07 Å². The summed E-state index contributed by atoms with van der Waals surface area (Å²) in [5.74, 6) is 1.37. The van der Waals surface area contributed by atoms with Crippen molar-refractivity contribution >= 4 is 0 Å². The van der Waals surface area contributed by atoms with Crippen LogP contribution in [0.2, 0.25) is 0 Å². The molecule has 1 N–H and O–H groups in total. The highest BCUT2D eigenvalue weighted by Crippen LogP contribution is 2.40. The quantitative estimate of drug-likeness (QED) is 0.878. The Morgan fingerprint density at radius 2 is 2.04 bits per heavy atom. The van der Waals surface area contributed by atoms with Gasteiger partial charge < -0.3 is 9.84 Å². The fourth-order valence-corrected chi connectivity index (χ4v) is 3.43. The minimum Gasteiger partial charge on any atom is -0.492 e.